The fraction of sp³-hybridized carbons (Fsp3) is 0.345. The Balaban J connectivity index is 1.66. The van der Waals surface area contributed by atoms with Crippen LogP contribution in [-0.4, -0.2) is 37.6 Å². The maximum absolute atomic E-state index is 13.1. The van der Waals surface area contributed by atoms with Crippen molar-refractivity contribution < 1.29 is 14.3 Å². The third kappa shape index (κ3) is 5.42. The molecule has 0 aromatic heterocycles. The molecule has 1 amide bonds. The molecule has 0 aliphatic carbocycles. The van der Waals surface area contributed by atoms with E-state index >= 15 is 0 Å². The van der Waals surface area contributed by atoms with Crippen LogP contribution in [0.4, 0.5) is 0 Å². The lowest BCUT2D eigenvalue weighted by atomic mass is 9.86. The molecule has 0 spiro atoms. The molecule has 0 saturated carbocycles. The summed E-state index contributed by atoms with van der Waals surface area (Å²) >= 11 is 0. The van der Waals surface area contributed by atoms with Crippen LogP contribution in [-0.2, 0) is 24.2 Å². The molecule has 0 fully saturated rings. The molecule has 178 valence electrons. The summed E-state index contributed by atoms with van der Waals surface area (Å²) in [7, 11) is 3.34. The molecule has 1 aliphatic heterocycles. The Hall–Kier alpha value is -3.31. The van der Waals surface area contributed by atoms with E-state index in [1.54, 1.807) is 14.2 Å². The topological polar surface area (TPSA) is 50.8 Å². The van der Waals surface area contributed by atoms with E-state index in [9.17, 15) is 4.79 Å². The van der Waals surface area contributed by atoms with Crippen LogP contribution in [0.1, 0.15) is 41.6 Å². The van der Waals surface area contributed by atoms with Crippen LogP contribution in [0.5, 0.6) is 11.5 Å². The van der Waals surface area contributed by atoms with Crippen molar-refractivity contribution in [2.75, 3.05) is 20.8 Å². The second kappa shape index (κ2) is 11.2. The number of methoxy groups -OCH3 is 2. The number of rotatable bonds is 9. The average Bonchev–Trinajstić information content (AvgIpc) is 2.87. The molecule has 5 heteroatoms. The summed E-state index contributed by atoms with van der Waals surface area (Å²) in [4.78, 5) is 15.5. The maximum atomic E-state index is 13.1. The molecule has 2 atom stereocenters. The Morgan fingerprint density at radius 2 is 1.59 bits per heavy atom. The standard InChI is InChI=1S/C29H34N2O3/c1-4-25(30-28(32)17-21-11-7-5-8-12-21)29-24-19-27(34-3)26(33-2)18-23(24)15-16-31(29)20-22-13-9-6-10-14-22/h5-14,18-19,25,29H,4,15-17,20H2,1-3H3,(H,30,32). The van der Waals surface area contributed by atoms with E-state index in [0.29, 0.717) is 6.42 Å². The fourth-order valence-corrected chi connectivity index (χ4v) is 4.94. The van der Waals surface area contributed by atoms with Gasteiger partial charge in [0.15, 0.2) is 11.5 Å². The number of fused-ring (bicyclic) bond motifs is 1. The van der Waals surface area contributed by atoms with Gasteiger partial charge in [-0.2, -0.15) is 0 Å². The Morgan fingerprint density at radius 3 is 2.21 bits per heavy atom. The number of ether oxygens (including phenoxy) is 2. The predicted molar refractivity (Wildman–Crippen MR) is 135 cm³/mol. The van der Waals surface area contributed by atoms with Gasteiger partial charge in [-0.25, -0.2) is 0 Å². The Labute approximate surface area is 202 Å². The molecule has 0 radical (unpaired) electrons. The molecule has 0 bridgehead atoms. The van der Waals surface area contributed by atoms with Gasteiger partial charge in [0.05, 0.1) is 26.7 Å². The second-order valence-corrected chi connectivity index (χ2v) is 8.80. The Morgan fingerprint density at radius 1 is 0.971 bits per heavy atom. The van der Waals surface area contributed by atoms with E-state index in [0.717, 1.165) is 43.0 Å². The smallest absolute Gasteiger partial charge is 0.224 e. The van der Waals surface area contributed by atoms with Crippen molar-refractivity contribution in [3.05, 3.63) is 95.1 Å². The molecule has 2 unspecified atom stereocenters. The third-order valence-electron chi connectivity index (χ3n) is 6.63. The monoisotopic (exact) mass is 458 g/mol. The molecule has 3 aromatic rings. The third-order valence-corrected chi connectivity index (χ3v) is 6.63. The molecule has 5 nitrogen and oxygen atoms in total. The first-order valence-corrected chi connectivity index (χ1v) is 12.0. The number of hydrogen-bond acceptors (Lipinski definition) is 4. The number of benzene rings is 3. The number of carbonyl (C=O) groups is 1. The minimum absolute atomic E-state index is 0.0305. The number of nitrogens with one attached hydrogen (secondary N) is 1. The van der Waals surface area contributed by atoms with Gasteiger partial charge in [-0.1, -0.05) is 67.6 Å². The zero-order valence-electron chi connectivity index (χ0n) is 20.3. The molecule has 3 aromatic carbocycles. The van der Waals surface area contributed by atoms with Gasteiger partial charge in [-0.05, 0) is 47.2 Å². The molecule has 0 saturated heterocycles. The van der Waals surface area contributed by atoms with Crippen LogP contribution < -0.4 is 14.8 Å². The number of nitrogens with zero attached hydrogens (tertiary/aromatic N) is 1. The highest BCUT2D eigenvalue weighted by Crippen LogP contribution is 2.40. The highest BCUT2D eigenvalue weighted by Gasteiger charge is 2.35. The summed E-state index contributed by atoms with van der Waals surface area (Å²) in [5.41, 5.74) is 4.74. The first-order chi connectivity index (χ1) is 16.6. The summed E-state index contributed by atoms with van der Waals surface area (Å²) in [6.45, 7) is 3.88. The van der Waals surface area contributed by atoms with Crippen LogP contribution in [0.3, 0.4) is 0 Å². The van der Waals surface area contributed by atoms with E-state index in [1.807, 2.05) is 36.4 Å². The lowest BCUT2D eigenvalue weighted by Gasteiger charge is -2.42. The summed E-state index contributed by atoms with van der Waals surface area (Å²) in [5, 5.41) is 3.35. The number of hydrogen-bond donors (Lipinski definition) is 1. The predicted octanol–water partition coefficient (Wildman–Crippen LogP) is 4.94. The van der Waals surface area contributed by atoms with E-state index in [2.05, 4.69) is 53.5 Å². The van der Waals surface area contributed by atoms with Crippen LogP contribution >= 0.6 is 0 Å². The molecule has 4 rings (SSSR count). The van der Waals surface area contributed by atoms with E-state index in [4.69, 9.17) is 9.47 Å². The fourth-order valence-electron chi connectivity index (χ4n) is 4.94. The van der Waals surface area contributed by atoms with E-state index in [-0.39, 0.29) is 18.0 Å². The van der Waals surface area contributed by atoms with Gasteiger partial charge < -0.3 is 14.8 Å². The number of carbonyl (C=O) groups excluding carboxylic acids is 1. The SMILES string of the molecule is CCC(NC(=O)Cc1ccccc1)C1c2cc(OC)c(OC)cc2CCN1Cc1ccccc1. The quantitative estimate of drug-likeness (QED) is 0.493. The average molecular weight is 459 g/mol. The molecular weight excluding hydrogens is 424 g/mol. The molecular formula is C29H34N2O3. The van der Waals surface area contributed by atoms with Gasteiger partial charge in [0.2, 0.25) is 5.91 Å². The summed E-state index contributed by atoms with van der Waals surface area (Å²) < 4.78 is 11.2. The van der Waals surface area contributed by atoms with Crippen molar-refractivity contribution in [2.45, 2.75) is 44.8 Å². The van der Waals surface area contributed by atoms with Crippen molar-refractivity contribution in [3.8, 4) is 11.5 Å². The van der Waals surface area contributed by atoms with Crippen molar-refractivity contribution in [1.82, 2.24) is 10.2 Å². The van der Waals surface area contributed by atoms with Gasteiger partial charge in [-0.15, -0.1) is 0 Å². The minimum Gasteiger partial charge on any atom is -0.493 e. The molecule has 1 aliphatic rings. The zero-order valence-corrected chi connectivity index (χ0v) is 20.3. The zero-order chi connectivity index (χ0) is 23.9. The minimum atomic E-state index is -0.0305. The summed E-state index contributed by atoms with van der Waals surface area (Å²) in [5.74, 6) is 1.52. The van der Waals surface area contributed by atoms with Gasteiger partial charge in [0.25, 0.3) is 0 Å². The van der Waals surface area contributed by atoms with Crippen molar-refractivity contribution in [2.24, 2.45) is 0 Å². The molecule has 1 heterocycles. The van der Waals surface area contributed by atoms with E-state index in [1.165, 1.54) is 16.7 Å². The van der Waals surface area contributed by atoms with Gasteiger partial charge in [0.1, 0.15) is 0 Å². The van der Waals surface area contributed by atoms with Crippen LogP contribution in [0, 0.1) is 0 Å². The Kier molecular flexibility index (Phi) is 7.86. The summed E-state index contributed by atoms with van der Waals surface area (Å²) in [6.07, 6.45) is 2.12. The first-order valence-electron chi connectivity index (χ1n) is 12.0. The first kappa shape index (κ1) is 23.8. The summed E-state index contributed by atoms with van der Waals surface area (Å²) in [6, 6.07) is 24.6. The lowest BCUT2D eigenvalue weighted by molar-refractivity contribution is -0.121. The van der Waals surface area contributed by atoms with Gasteiger partial charge >= 0.3 is 0 Å². The highest BCUT2D eigenvalue weighted by molar-refractivity contribution is 5.79. The van der Waals surface area contributed by atoms with Crippen molar-refractivity contribution >= 4 is 5.91 Å². The normalized spacial score (nSPS) is 16.4. The van der Waals surface area contributed by atoms with E-state index < -0.39 is 0 Å². The van der Waals surface area contributed by atoms with Gasteiger partial charge in [0, 0.05) is 19.1 Å². The molecule has 1 N–H and O–H groups in total. The largest absolute Gasteiger partial charge is 0.493 e. The van der Waals surface area contributed by atoms with Gasteiger partial charge in [-0.3, -0.25) is 9.69 Å². The second-order valence-electron chi connectivity index (χ2n) is 8.80. The van der Waals surface area contributed by atoms with Crippen LogP contribution in [0.2, 0.25) is 0 Å². The lowest BCUT2D eigenvalue weighted by Crippen LogP contribution is -2.48. The Bertz CT molecular complexity index is 1090. The highest BCUT2D eigenvalue weighted by atomic mass is 16.5. The van der Waals surface area contributed by atoms with Crippen LogP contribution in [0.15, 0.2) is 72.8 Å². The van der Waals surface area contributed by atoms with Crippen molar-refractivity contribution in [3.63, 3.8) is 0 Å². The van der Waals surface area contributed by atoms with Crippen molar-refractivity contribution in [1.29, 1.82) is 0 Å². The number of amides is 1. The maximum Gasteiger partial charge on any atom is 0.224 e. The molecule has 34 heavy (non-hydrogen) atoms. The van der Waals surface area contributed by atoms with Crippen LogP contribution in [0.25, 0.3) is 0 Å².